The first kappa shape index (κ1) is 21.9. The van der Waals surface area contributed by atoms with Gasteiger partial charge in [-0.05, 0) is 24.6 Å². The molecule has 0 saturated carbocycles. The van der Waals surface area contributed by atoms with Gasteiger partial charge in [0.05, 0.1) is 19.4 Å². The molecule has 3 heterocycles. The van der Waals surface area contributed by atoms with Gasteiger partial charge < -0.3 is 19.6 Å². The Balaban J connectivity index is 0.000000806. The summed E-state index contributed by atoms with van der Waals surface area (Å²) in [5.74, 6) is 0.556. The average molecular weight is 417 g/mol. The SMILES string of the molecule is CN(CC1Cc2ccccc2CN1C)c1ncc(F)c(N2CCOCC2)n1.O=CO. The minimum atomic E-state index is -0.377. The van der Waals surface area contributed by atoms with E-state index in [-0.39, 0.29) is 12.3 Å². The molecule has 1 unspecified atom stereocenters. The highest BCUT2D eigenvalue weighted by molar-refractivity contribution is 5.45. The van der Waals surface area contributed by atoms with Gasteiger partial charge in [0, 0.05) is 39.3 Å². The largest absolute Gasteiger partial charge is 0.483 e. The standard InChI is InChI=1S/C20H26FN5O.CH2O2/c1-24-13-16-6-4-3-5-15(16)11-17(24)14-25(2)20-22-12-18(21)19(23-20)26-7-9-27-10-8-26;2-1-3/h3-6,12,17H,7-11,13-14H2,1-2H3;1H,(H,2,3). The zero-order chi connectivity index (χ0) is 21.5. The van der Waals surface area contributed by atoms with E-state index in [1.807, 2.05) is 16.8 Å². The monoisotopic (exact) mass is 417 g/mol. The average Bonchev–Trinajstić information content (AvgIpc) is 2.75. The second-order valence-electron chi connectivity index (χ2n) is 7.47. The Hall–Kier alpha value is -2.78. The van der Waals surface area contributed by atoms with E-state index in [0.29, 0.717) is 44.1 Å². The van der Waals surface area contributed by atoms with Crippen molar-refractivity contribution >= 4 is 18.2 Å². The molecule has 8 nitrogen and oxygen atoms in total. The summed E-state index contributed by atoms with van der Waals surface area (Å²) in [6, 6.07) is 8.97. The van der Waals surface area contributed by atoms with E-state index in [9.17, 15) is 4.39 Å². The Bertz CT molecular complexity index is 847. The first-order chi connectivity index (χ1) is 14.5. The Morgan fingerprint density at radius 2 is 1.97 bits per heavy atom. The molecule has 0 aliphatic carbocycles. The van der Waals surface area contributed by atoms with Crippen molar-refractivity contribution in [2.24, 2.45) is 0 Å². The lowest BCUT2D eigenvalue weighted by atomic mass is 9.94. The second-order valence-corrected chi connectivity index (χ2v) is 7.47. The molecule has 2 aliphatic heterocycles. The lowest BCUT2D eigenvalue weighted by Gasteiger charge is -2.36. The normalized spacial score (nSPS) is 18.8. The van der Waals surface area contributed by atoms with Crippen LogP contribution in [0.15, 0.2) is 30.5 Å². The lowest BCUT2D eigenvalue weighted by molar-refractivity contribution is -0.122. The van der Waals surface area contributed by atoms with Crippen LogP contribution < -0.4 is 9.80 Å². The highest BCUT2D eigenvalue weighted by Gasteiger charge is 2.25. The minimum absolute atomic E-state index is 0.250. The third-order valence-corrected chi connectivity index (χ3v) is 5.47. The number of carbonyl (C=O) groups is 1. The van der Waals surface area contributed by atoms with Gasteiger partial charge in [-0.2, -0.15) is 4.98 Å². The van der Waals surface area contributed by atoms with Gasteiger partial charge >= 0.3 is 0 Å². The number of carboxylic acid groups (broad SMARTS) is 1. The van der Waals surface area contributed by atoms with E-state index in [1.165, 1.54) is 17.3 Å². The summed E-state index contributed by atoms with van der Waals surface area (Å²) < 4.78 is 19.6. The molecule has 2 aromatic rings. The fraction of sp³-hybridized carbons (Fsp3) is 0.476. The molecule has 162 valence electrons. The number of morpholine rings is 1. The Morgan fingerprint density at radius 1 is 1.30 bits per heavy atom. The predicted molar refractivity (Wildman–Crippen MR) is 112 cm³/mol. The predicted octanol–water partition coefficient (Wildman–Crippen LogP) is 1.65. The number of halogens is 1. The van der Waals surface area contributed by atoms with Crippen molar-refractivity contribution in [3.63, 3.8) is 0 Å². The maximum Gasteiger partial charge on any atom is 0.290 e. The zero-order valence-electron chi connectivity index (χ0n) is 17.4. The highest BCUT2D eigenvalue weighted by Crippen LogP contribution is 2.24. The molecule has 30 heavy (non-hydrogen) atoms. The van der Waals surface area contributed by atoms with Crippen LogP contribution in [-0.4, -0.2) is 79.4 Å². The number of aromatic nitrogens is 2. The number of fused-ring (bicyclic) bond motifs is 1. The molecule has 2 aliphatic rings. The van der Waals surface area contributed by atoms with E-state index >= 15 is 0 Å². The van der Waals surface area contributed by atoms with Crippen molar-refractivity contribution < 1.29 is 19.0 Å². The Morgan fingerprint density at radius 3 is 2.67 bits per heavy atom. The topological polar surface area (TPSA) is 82.0 Å². The summed E-state index contributed by atoms with van der Waals surface area (Å²) in [6.45, 7) is 3.98. The van der Waals surface area contributed by atoms with Crippen LogP contribution in [0.4, 0.5) is 16.2 Å². The molecule has 1 aromatic heterocycles. The molecule has 0 amide bonds. The van der Waals surface area contributed by atoms with Crippen LogP contribution in [0.1, 0.15) is 11.1 Å². The fourth-order valence-electron chi connectivity index (χ4n) is 3.85. The Kier molecular flexibility index (Phi) is 7.53. The van der Waals surface area contributed by atoms with Crippen molar-refractivity contribution in [1.29, 1.82) is 0 Å². The van der Waals surface area contributed by atoms with Gasteiger partial charge in [0.2, 0.25) is 5.95 Å². The van der Waals surface area contributed by atoms with Gasteiger partial charge in [0.1, 0.15) is 0 Å². The quantitative estimate of drug-likeness (QED) is 0.752. The molecule has 1 aromatic carbocycles. The summed E-state index contributed by atoms with van der Waals surface area (Å²) in [4.78, 5) is 23.4. The van der Waals surface area contributed by atoms with Crippen molar-refractivity contribution in [1.82, 2.24) is 14.9 Å². The van der Waals surface area contributed by atoms with E-state index < -0.39 is 0 Å². The zero-order valence-corrected chi connectivity index (χ0v) is 17.4. The van der Waals surface area contributed by atoms with Gasteiger partial charge in [-0.15, -0.1) is 0 Å². The molecule has 1 fully saturated rings. The van der Waals surface area contributed by atoms with E-state index in [0.717, 1.165) is 19.5 Å². The number of ether oxygens (including phenoxy) is 1. The van der Waals surface area contributed by atoms with Gasteiger partial charge in [0.25, 0.3) is 6.47 Å². The van der Waals surface area contributed by atoms with Crippen LogP contribution in [0.2, 0.25) is 0 Å². The molecular weight excluding hydrogens is 389 g/mol. The maximum absolute atomic E-state index is 14.3. The molecule has 1 atom stereocenters. The van der Waals surface area contributed by atoms with Crippen molar-refractivity contribution in [3.8, 4) is 0 Å². The molecule has 4 rings (SSSR count). The number of rotatable bonds is 4. The van der Waals surface area contributed by atoms with Crippen LogP contribution in [0.25, 0.3) is 0 Å². The van der Waals surface area contributed by atoms with Gasteiger partial charge in [-0.1, -0.05) is 24.3 Å². The number of hydrogen-bond acceptors (Lipinski definition) is 7. The summed E-state index contributed by atoms with van der Waals surface area (Å²) in [5, 5.41) is 6.89. The summed E-state index contributed by atoms with van der Waals surface area (Å²) >= 11 is 0. The number of nitrogens with zero attached hydrogens (tertiary/aromatic N) is 5. The molecule has 9 heteroatoms. The van der Waals surface area contributed by atoms with E-state index in [1.54, 1.807) is 0 Å². The molecule has 0 bridgehead atoms. The smallest absolute Gasteiger partial charge is 0.290 e. The van der Waals surface area contributed by atoms with Crippen molar-refractivity contribution in [3.05, 3.63) is 47.4 Å². The highest BCUT2D eigenvalue weighted by atomic mass is 19.1. The molecule has 0 spiro atoms. The van der Waals surface area contributed by atoms with Crippen LogP contribution in [0, 0.1) is 5.82 Å². The molecule has 1 N–H and O–H groups in total. The second kappa shape index (κ2) is 10.3. The van der Waals surface area contributed by atoms with Crippen LogP contribution in [-0.2, 0) is 22.5 Å². The van der Waals surface area contributed by atoms with Gasteiger partial charge in [-0.25, -0.2) is 9.37 Å². The van der Waals surface area contributed by atoms with E-state index in [4.69, 9.17) is 14.6 Å². The number of benzene rings is 1. The van der Waals surface area contributed by atoms with Crippen LogP contribution in [0.3, 0.4) is 0 Å². The Labute approximate surface area is 175 Å². The van der Waals surface area contributed by atoms with Crippen molar-refractivity contribution in [2.75, 3.05) is 56.7 Å². The summed E-state index contributed by atoms with van der Waals surface area (Å²) in [7, 11) is 4.13. The molecular formula is C21H28FN5O3. The third-order valence-electron chi connectivity index (χ3n) is 5.47. The number of hydrogen-bond donors (Lipinski definition) is 1. The van der Waals surface area contributed by atoms with Crippen LogP contribution in [0.5, 0.6) is 0 Å². The number of likely N-dealkylation sites (N-methyl/N-ethyl adjacent to an activating group) is 2. The molecule has 0 radical (unpaired) electrons. The maximum atomic E-state index is 14.3. The van der Waals surface area contributed by atoms with Gasteiger partial charge in [0.15, 0.2) is 11.6 Å². The lowest BCUT2D eigenvalue weighted by Crippen LogP contribution is -2.45. The molecule has 1 saturated heterocycles. The van der Waals surface area contributed by atoms with Gasteiger partial charge in [-0.3, -0.25) is 9.69 Å². The van der Waals surface area contributed by atoms with E-state index in [2.05, 4.69) is 46.2 Å². The number of anilines is 2. The van der Waals surface area contributed by atoms with Crippen LogP contribution >= 0.6 is 0 Å². The first-order valence-corrected chi connectivity index (χ1v) is 9.94. The third kappa shape index (κ3) is 5.22. The summed E-state index contributed by atoms with van der Waals surface area (Å²) in [6.07, 6.45) is 2.28. The summed E-state index contributed by atoms with van der Waals surface area (Å²) in [5.41, 5.74) is 2.80. The fourth-order valence-corrected chi connectivity index (χ4v) is 3.85. The minimum Gasteiger partial charge on any atom is -0.483 e. The van der Waals surface area contributed by atoms with Crippen molar-refractivity contribution in [2.45, 2.75) is 19.0 Å². The first-order valence-electron chi connectivity index (χ1n) is 9.94.